The summed E-state index contributed by atoms with van der Waals surface area (Å²) in [6.07, 6.45) is 0.647. The number of aromatic hydroxyl groups is 1. The number of hydrogen-bond acceptors (Lipinski definition) is 3. The molecule has 1 amide bonds. The second kappa shape index (κ2) is 5.66. The van der Waals surface area contributed by atoms with Crippen molar-refractivity contribution in [1.82, 2.24) is 0 Å². The van der Waals surface area contributed by atoms with Crippen LogP contribution in [-0.2, 0) is 11.2 Å². The van der Waals surface area contributed by atoms with Crippen LogP contribution < -0.4 is 10.1 Å². The van der Waals surface area contributed by atoms with Crippen LogP contribution in [-0.4, -0.2) is 17.6 Å². The van der Waals surface area contributed by atoms with Gasteiger partial charge in [0.25, 0.3) is 0 Å². The molecule has 1 heterocycles. The van der Waals surface area contributed by atoms with Gasteiger partial charge in [-0.25, -0.2) is 0 Å². The van der Waals surface area contributed by atoms with E-state index in [0.717, 1.165) is 11.3 Å². The molecular weight excluding hydrogens is 290 g/mol. The first-order chi connectivity index (χ1) is 10.1. The summed E-state index contributed by atoms with van der Waals surface area (Å²) in [7, 11) is 0. The van der Waals surface area contributed by atoms with Gasteiger partial charge in [0.1, 0.15) is 18.1 Å². The van der Waals surface area contributed by atoms with Crippen LogP contribution in [0.25, 0.3) is 0 Å². The van der Waals surface area contributed by atoms with E-state index in [2.05, 4.69) is 5.32 Å². The van der Waals surface area contributed by atoms with E-state index >= 15 is 0 Å². The van der Waals surface area contributed by atoms with Crippen molar-refractivity contribution in [2.45, 2.75) is 6.42 Å². The Kier molecular flexibility index (Phi) is 3.71. The average Bonchev–Trinajstić information content (AvgIpc) is 2.50. The Labute approximate surface area is 127 Å². The number of hydrogen-bond donors (Lipinski definition) is 2. The van der Waals surface area contributed by atoms with Gasteiger partial charge >= 0.3 is 0 Å². The summed E-state index contributed by atoms with van der Waals surface area (Å²) in [6.45, 7) is 0.356. The molecule has 0 saturated carbocycles. The van der Waals surface area contributed by atoms with Crippen molar-refractivity contribution in [3.8, 4) is 11.5 Å². The molecule has 1 atom stereocenters. The number of phenolic OH excluding ortho intramolecular Hbond substituents is 1. The topological polar surface area (TPSA) is 58.6 Å². The Bertz CT molecular complexity index is 687. The number of phenols is 1. The molecule has 0 aliphatic carbocycles. The summed E-state index contributed by atoms with van der Waals surface area (Å²) >= 11 is 5.82. The van der Waals surface area contributed by atoms with Crippen molar-refractivity contribution >= 4 is 23.2 Å². The number of carbonyl (C=O) groups excluding carboxylic acids is 1. The van der Waals surface area contributed by atoms with Gasteiger partial charge in [0.2, 0.25) is 5.91 Å². The van der Waals surface area contributed by atoms with Crippen molar-refractivity contribution < 1.29 is 14.6 Å². The highest BCUT2D eigenvalue weighted by molar-refractivity contribution is 6.32. The lowest BCUT2D eigenvalue weighted by atomic mass is 9.96. The van der Waals surface area contributed by atoms with Gasteiger partial charge in [-0.2, -0.15) is 0 Å². The minimum atomic E-state index is -0.243. The Morgan fingerprint density at radius 3 is 2.90 bits per heavy atom. The van der Waals surface area contributed by atoms with Gasteiger partial charge in [-0.1, -0.05) is 29.8 Å². The molecular formula is C16H14ClNO3. The van der Waals surface area contributed by atoms with Crippen LogP contribution in [0.3, 0.4) is 0 Å². The van der Waals surface area contributed by atoms with Crippen LogP contribution in [0.4, 0.5) is 5.69 Å². The maximum absolute atomic E-state index is 12.3. The number of amides is 1. The Morgan fingerprint density at radius 1 is 1.29 bits per heavy atom. The zero-order valence-electron chi connectivity index (χ0n) is 11.2. The van der Waals surface area contributed by atoms with Crippen LogP contribution in [0.1, 0.15) is 5.56 Å². The molecule has 4 nitrogen and oxygen atoms in total. The number of benzene rings is 2. The van der Waals surface area contributed by atoms with Gasteiger partial charge < -0.3 is 15.2 Å². The summed E-state index contributed by atoms with van der Waals surface area (Å²) in [5.74, 6) is 0.470. The lowest BCUT2D eigenvalue weighted by Crippen LogP contribution is -2.32. The van der Waals surface area contributed by atoms with E-state index in [4.69, 9.17) is 16.3 Å². The number of fused-ring (bicyclic) bond motifs is 1. The molecule has 0 bridgehead atoms. The first kappa shape index (κ1) is 13.8. The largest absolute Gasteiger partial charge is 0.506 e. The Hall–Kier alpha value is -2.20. The number of nitrogens with one attached hydrogen (secondary N) is 1. The fourth-order valence-corrected chi connectivity index (χ4v) is 2.51. The third-order valence-electron chi connectivity index (χ3n) is 3.46. The lowest BCUT2D eigenvalue weighted by molar-refractivity contribution is -0.121. The first-order valence-corrected chi connectivity index (χ1v) is 7.01. The van der Waals surface area contributed by atoms with E-state index in [1.165, 1.54) is 12.1 Å². The molecule has 0 saturated heterocycles. The predicted octanol–water partition coefficient (Wildman–Crippen LogP) is 3.24. The van der Waals surface area contributed by atoms with Gasteiger partial charge in [-0.3, -0.25) is 4.79 Å². The molecule has 5 heteroatoms. The van der Waals surface area contributed by atoms with Crippen LogP contribution in [0.2, 0.25) is 5.02 Å². The quantitative estimate of drug-likeness (QED) is 0.837. The number of carbonyl (C=O) groups is 1. The van der Waals surface area contributed by atoms with Crippen LogP contribution in [0, 0.1) is 5.92 Å². The van der Waals surface area contributed by atoms with Crippen molar-refractivity contribution in [2.75, 3.05) is 11.9 Å². The van der Waals surface area contributed by atoms with Crippen molar-refractivity contribution in [1.29, 1.82) is 0 Å². The predicted molar refractivity (Wildman–Crippen MR) is 80.9 cm³/mol. The third-order valence-corrected chi connectivity index (χ3v) is 3.77. The lowest BCUT2D eigenvalue weighted by Gasteiger charge is -2.24. The first-order valence-electron chi connectivity index (χ1n) is 6.63. The van der Waals surface area contributed by atoms with E-state index in [1.807, 2.05) is 24.3 Å². The fraction of sp³-hybridized carbons (Fsp3) is 0.188. The number of ether oxygens (including phenoxy) is 1. The molecule has 2 aromatic rings. The SMILES string of the molecule is O=C(Nc1ccc(O)c(Cl)c1)C1COc2ccccc2C1. The normalized spacial score (nSPS) is 16.7. The molecule has 0 aromatic heterocycles. The highest BCUT2D eigenvalue weighted by Gasteiger charge is 2.25. The van der Waals surface area contributed by atoms with Gasteiger partial charge in [0.15, 0.2) is 0 Å². The maximum Gasteiger partial charge on any atom is 0.231 e. The summed E-state index contributed by atoms with van der Waals surface area (Å²) in [4.78, 5) is 12.3. The van der Waals surface area contributed by atoms with Crippen molar-refractivity contribution in [2.24, 2.45) is 5.92 Å². The fourth-order valence-electron chi connectivity index (χ4n) is 2.33. The molecule has 1 aliphatic rings. The van der Waals surface area contributed by atoms with Crippen LogP contribution >= 0.6 is 11.6 Å². The van der Waals surface area contributed by atoms with Gasteiger partial charge in [-0.05, 0) is 36.2 Å². The monoisotopic (exact) mass is 303 g/mol. The molecule has 2 aromatic carbocycles. The van der Waals surface area contributed by atoms with E-state index in [-0.39, 0.29) is 22.6 Å². The van der Waals surface area contributed by atoms with E-state index in [0.29, 0.717) is 18.7 Å². The summed E-state index contributed by atoms with van der Waals surface area (Å²) in [5, 5.41) is 12.4. The minimum absolute atomic E-state index is 0.00964. The number of halogens is 1. The number of anilines is 1. The Balaban J connectivity index is 1.70. The molecule has 3 rings (SSSR count). The molecule has 108 valence electrons. The molecule has 2 N–H and O–H groups in total. The second-order valence-electron chi connectivity index (χ2n) is 4.98. The van der Waals surface area contributed by atoms with E-state index in [9.17, 15) is 9.90 Å². The highest BCUT2D eigenvalue weighted by atomic mass is 35.5. The van der Waals surface area contributed by atoms with Gasteiger partial charge in [-0.15, -0.1) is 0 Å². The van der Waals surface area contributed by atoms with Crippen LogP contribution in [0.15, 0.2) is 42.5 Å². The molecule has 1 aliphatic heterocycles. The smallest absolute Gasteiger partial charge is 0.231 e. The average molecular weight is 304 g/mol. The second-order valence-corrected chi connectivity index (χ2v) is 5.38. The van der Waals surface area contributed by atoms with E-state index < -0.39 is 0 Å². The summed E-state index contributed by atoms with van der Waals surface area (Å²) in [5.41, 5.74) is 1.59. The molecule has 1 unspecified atom stereocenters. The van der Waals surface area contributed by atoms with E-state index in [1.54, 1.807) is 6.07 Å². The molecule has 0 spiro atoms. The van der Waals surface area contributed by atoms with Gasteiger partial charge in [0.05, 0.1) is 10.9 Å². The van der Waals surface area contributed by atoms with Crippen molar-refractivity contribution in [3.05, 3.63) is 53.1 Å². The summed E-state index contributed by atoms with van der Waals surface area (Å²) in [6, 6.07) is 12.3. The number of rotatable bonds is 2. The van der Waals surface area contributed by atoms with Crippen LogP contribution in [0.5, 0.6) is 11.5 Å². The number of para-hydroxylation sites is 1. The summed E-state index contributed by atoms with van der Waals surface area (Å²) < 4.78 is 5.61. The standard InChI is InChI=1S/C16H14ClNO3/c17-13-8-12(5-6-14(13)19)18-16(20)11-7-10-3-1-2-4-15(10)21-9-11/h1-6,8,11,19H,7,9H2,(H,18,20). The molecule has 0 fully saturated rings. The van der Waals surface area contributed by atoms with Crippen molar-refractivity contribution in [3.63, 3.8) is 0 Å². The zero-order chi connectivity index (χ0) is 14.8. The third kappa shape index (κ3) is 2.95. The Morgan fingerprint density at radius 2 is 2.10 bits per heavy atom. The molecule has 21 heavy (non-hydrogen) atoms. The minimum Gasteiger partial charge on any atom is -0.506 e. The maximum atomic E-state index is 12.3. The highest BCUT2D eigenvalue weighted by Crippen LogP contribution is 2.29. The zero-order valence-corrected chi connectivity index (χ0v) is 11.9. The van der Waals surface area contributed by atoms with Gasteiger partial charge in [0, 0.05) is 5.69 Å². The molecule has 0 radical (unpaired) electrons.